The maximum atomic E-state index is 12.2. The first-order chi connectivity index (χ1) is 11.6. The standard InChI is InChI=1S/C16H17ClN4O2S/c1-11(12-3-2-4-13(17)9-12)19-20-15(22)14-10-24-16(18-14)21-5-7-23-8-6-21/h2-4,9-10H,5-8H2,1H3,(H,20,22)/b19-11+. The van der Waals surface area contributed by atoms with Gasteiger partial charge in [0.05, 0.1) is 18.9 Å². The van der Waals surface area contributed by atoms with Crippen LogP contribution in [0.4, 0.5) is 5.13 Å². The number of nitrogens with zero attached hydrogens (tertiary/aromatic N) is 3. The number of anilines is 1. The molecule has 126 valence electrons. The van der Waals surface area contributed by atoms with Gasteiger partial charge in [-0.05, 0) is 24.6 Å². The predicted molar refractivity (Wildman–Crippen MR) is 96.3 cm³/mol. The number of rotatable bonds is 4. The number of carbonyl (C=O) groups is 1. The molecule has 2 aromatic rings. The van der Waals surface area contributed by atoms with E-state index >= 15 is 0 Å². The predicted octanol–water partition coefficient (Wildman–Crippen LogP) is 2.79. The smallest absolute Gasteiger partial charge is 0.290 e. The molecule has 0 aliphatic carbocycles. The summed E-state index contributed by atoms with van der Waals surface area (Å²) in [4.78, 5) is 18.7. The molecule has 1 aliphatic rings. The van der Waals surface area contributed by atoms with Crippen molar-refractivity contribution in [3.05, 3.63) is 45.9 Å². The lowest BCUT2D eigenvalue weighted by Gasteiger charge is -2.25. The zero-order chi connectivity index (χ0) is 16.9. The third-order valence-corrected chi connectivity index (χ3v) is 4.71. The van der Waals surface area contributed by atoms with Crippen molar-refractivity contribution in [2.75, 3.05) is 31.2 Å². The fourth-order valence-corrected chi connectivity index (χ4v) is 3.29. The largest absolute Gasteiger partial charge is 0.378 e. The molecule has 1 fully saturated rings. The molecule has 0 radical (unpaired) electrons. The lowest BCUT2D eigenvalue weighted by molar-refractivity contribution is 0.0950. The molecular formula is C16H17ClN4O2S. The normalized spacial score (nSPS) is 15.4. The van der Waals surface area contributed by atoms with Gasteiger partial charge in [-0.3, -0.25) is 4.79 Å². The Morgan fingerprint density at radius 1 is 1.42 bits per heavy atom. The van der Waals surface area contributed by atoms with Crippen molar-refractivity contribution in [2.24, 2.45) is 5.10 Å². The minimum Gasteiger partial charge on any atom is -0.378 e. The molecule has 0 spiro atoms. The summed E-state index contributed by atoms with van der Waals surface area (Å²) in [7, 11) is 0. The van der Waals surface area contributed by atoms with Crippen LogP contribution in [0.3, 0.4) is 0 Å². The molecule has 0 bridgehead atoms. The molecule has 24 heavy (non-hydrogen) atoms. The number of aromatic nitrogens is 1. The molecule has 2 heterocycles. The lowest BCUT2D eigenvalue weighted by Crippen LogP contribution is -2.36. The van der Waals surface area contributed by atoms with E-state index < -0.39 is 0 Å². The molecule has 1 aromatic carbocycles. The second kappa shape index (κ2) is 7.74. The summed E-state index contributed by atoms with van der Waals surface area (Å²) < 4.78 is 5.32. The van der Waals surface area contributed by atoms with Gasteiger partial charge in [-0.25, -0.2) is 10.4 Å². The first-order valence-electron chi connectivity index (χ1n) is 7.52. The van der Waals surface area contributed by atoms with Crippen molar-refractivity contribution < 1.29 is 9.53 Å². The molecule has 0 unspecified atom stereocenters. The summed E-state index contributed by atoms with van der Waals surface area (Å²) >= 11 is 7.41. The van der Waals surface area contributed by atoms with E-state index in [1.165, 1.54) is 11.3 Å². The highest BCUT2D eigenvalue weighted by Crippen LogP contribution is 2.21. The zero-order valence-corrected chi connectivity index (χ0v) is 14.7. The molecule has 1 saturated heterocycles. The molecule has 6 nitrogen and oxygen atoms in total. The fourth-order valence-electron chi connectivity index (χ4n) is 2.24. The second-order valence-electron chi connectivity index (χ2n) is 5.26. The van der Waals surface area contributed by atoms with Crippen molar-refractivity contribution in [2.45, 2.75) is 6.92 Å². The van der Waals surface area contributed by atoms with E-state index in [1.807, 2.05) is 19.1 Å². The van der Waals surface area contributed by atoms with Crippen LogP contribution in [0, 0.1) is 0 Å². The second-order valence-corrected chi connectivity index (χ2v) is 6.54. The summed E-state index contributed by atoms with van der Waals surface area (Å²) in [5, 5.41) is 7.32. The Morgan fingerprint density at radius 2 is 2.21 bits per heavy atom. The monoisotopic (exact) mass is 364 g/mol. The van der Waals surface area contributed by atoms with Crippen LogP contribution in [-0.4, -0.2) is 42.9 Å². The van der Waals surface area contributed by atoms with Crippen LogP contribution in [0.25, 0.3) is 0 Å². The molecule has 1 N–H and O–H groups in total. The Hall–Kier alpha value is -1.96. The lowest BCUT2D eigenvalue weighted by atomic mass is 10.1. The average Bonchev–Trinajstić information content (AvgIpc) is 3.10. The molecular weight excluding hydrogens is 348 g/mol. The van der Waals surface area contributed by atoms with Crippen molar-refractivity contribution in [1.82, 2.24) is 10.4 Å². The van der Waals surface area contributed by atoms with Crippen LogP contribution in [0.5, 0.6) is 0 Å². The molecule has 1 aromatic heterocycles. The van der Waals surface area contributed by atoms with Crippen LogP contribution in [-0.2, 0) is 4.74 Å². The van der Waals surface area contributed by atoms with Gasteiger partial charge in [0.1, 0.15) is 5.69 Å². The number of hydrazone groups is 1. The van der Waals surface area contributed by atoms with Crippen LogP contribution in [0.1, 0.15) is 23.0 Å². The van der Waals surface area contributed by atoms with E-state index in [1.54, 1.807) is 17.5 Å². The maximum Gasteiger partial charge on any atom is 0.290 e. The number of ether oxygens (including phenoxy) is 1. The highest BCUT2D eigenvalue weighted by Gasteiger charge is 2.17. The molecule has 3 rings (SSSR count). The van der Waals surface area contributed by atoms with Gasteiger partial charge in [0, 0.05) is 23.5 Å². The van der Waals surface area contributed by atoms with E-state index in [0.717, 1.165) is 23.8 Å². The molecule has 8 heteroatoms. The number of halogens is 1. The van der Waals surface area contributed by atoms with E-state index in [0.29, 0.717) is 29.6 Å². The highest BCUT2D eigenvalue weighted by atomic mass is 35.5. The van der Waals surface area contributed by atoms with Crippen molar-refractivity contribution in [3.63, 3.8) is 0 Å². The van der Waals surface area contributed by atoms with Gasteiger partial charge in [0.25, 0.3) is 5.91 Å². The van der Waals surface area contributed by atoms with E-state index in [4.69, 9.17) is 16.3 Å². The summed E-state index contributed by atoms with van der Waals surface area (Å²) in [6.45, 7) is 4.77. The van der Waals surface area contributed by atoms with Crippen LogP contribution >= 0.6 is 22.9 Å². The Labute approximate surface area is 149 Å². The molecule has 1 aliphatic heterocycles. The van der Waals surface area contributed by atoms with Crippen LogP contribution in [0.2, 0.25) is 5.02 Å². The van der Waals surface area contributed by atoms with Gasteiger partial charge in [0.15, 0.2) is 5.13 Å². The van der Waals surface area contributed by atoms with Crippen LogP contribution in [0.15, 0.2) is 34.7 Å². The first-order valence-corrected chi connectivity index (χ1v) is 8.78. The van der Waals surface area contributed by atoms with E-state index in [-0.39, 0.29) is 5.91 Å². The van der Waals surface area contributed by atoms with Crippen molar-refractivity contribution >= 4 is 39.7 Å². The third kappa shape index (κ3) is 4.11. The third-order valence-electron chi connectivity index (χ3n) is 3.57. The molecule has 0 saturated carbocycles. The Balaban J connectivity index is 1.64. The maximum absolute atomic E-state index is 12.2. The zero-order valence-electron chi connectivity index (χ0n) is 13.2. The molecule has 0 atom stereocenters. The quantitative estimate of drug-likeness (QED) is 0.669. The van der Waals surface area contributed by atoms with Crippen molar-refractivity contribution in [3.8, 4) is 0 Å². The van der Waals surface area contributed by atoms with Gasteiger partial charge >= 0.3 is 0 Å². The van der Waals surface area contributed by atoms with Gasteiger partial charge in [-0.1, -0.05) is 23.7 Å². The summed E-state index contributed by atoms with van der Waals surface area (Å²) in [6, 6.07) is 7.31. The van der Waals surface area contributed by atoms with Gasteiger partial charge < -0.3 is 9.64 Å². The number of nitrogens with one attached hydrogen (secondary N) is 1. The van der Waals surface area contributed by atoms with E-state index in [9.17, 15) is 4.79 Å². The van der Waals surface area contributed by atoms with Gasteiger partial charge in [0.2, 0.25) is 0 Å². The number of amides is 1. The Bertz CT molecular complexity index is 756. The van der Waals surface area contributed by atoms with Crippen LogP contribution < -0.4 is 10.3 Å². The van der Waals surface area contributed by atoms with E-state index in [2.05, 4.69) is 20.4 Å². The SMILES string of the molecule is C/C(=N\NC(=O)c1csc(N2CCOCC2)n1)c1cccc(Cl)c1. The number of hydrogen-bond acceptors (Lipinski definition) is 6. The van der Waals surface area contributed by atoms with Gasteiger partial charge in [-0.2, -0.15) is 5.10 Å². The number of thiazole rings is 1. The number of carbonyl (C=O) groups excluding carboxylic acids is 1. The van der Waals surface area contributed by atoms with Crippen molar-refractivity contribution in [1.29, 1.82) is 0 Å². The first kappa shape index (κ1) is 16.9. The number of hydrogen-bond donors (Lipinski definition) is 1. The van der Waals surface area contributed by atoms with Gasteiger partial charge in [-0.15, -0.1) is 11.3 Å². The average molecular weight is 365 g/mol. The summed E-state index contributed by atoms with van der Waals surface area (Å²) in [5.74, 6) is -0.327. The minimum absolute atomic E-state index is 0.327. The minimum atomic E-state index is -0.327. The topological polar surface area (TPSA) is 66.8 Å². The Kier molecular flexibility index (Phi) is 5.44. The highest BCUT2D eigenvalue weighted by molar-refractivity contribution is 7.13. The number of benzene rings is 1. The number of morpholine rings is 1. The summed E-state index contributed by atoms with van der Waals surface area (Å²) in [6.07, 6.45) is 0. The Morgan fingerprint density at radius 3 is 2.96 bits per heavy atom. The summed E-state index contributed by atoms with van der Waals surface area (Å²) in [5.41, 5.74) is 4.44. The molecule has 1 amide bonds. The fraction of sp³-hybridized carbons (Fsp3) is 0.312.